The van der Waals surface area contributed by atoms with Crippen LogP contribution in [0.5, 0.6) is 23.0 Å². The van der Waals surface area contributed by atoms with E-state index in [0.717, 1.165) is 10.9 Å². The maximum absolute atomic E-state index is 13.3. The number of carbonyl (C=O) groups excluding carboxylic acids is 1. The molecule has 0 saturated carbocycles. The van der Waals surface area contributed by atoms with E-state index in [2.05, 4.69) is 10.3 Å². The van der Waals surface area contributed by atoms with Gasteiger partial charge in [-0.25, -0.2) is 4.79 Å². The summed E-state index contributed by atoms with van der Waals surface area (Å²) in [7, 11) is 4.34. The Morgan fingerprint density at radius 2 is 1.74 bits per heavy atom. The van der Waals surface area contributed by atoms with E-state index >= 15 is 0 Å². The Bertz CT molecular complexity index is 1640. The maximum atomic E-state index is 13.3. The third kappa shape index (κ3) is 5.06. The smallest absolute Gasteiger partial charge is 0.343 e. The Kier molecular flexibility index (Phi) is 7.43. The van der Waals surface area contributed by atoms with Crippen LogP contribution < -0.4 is 30.7 Å². The Morgan fingerprint density at radius 3 is 2.39 bits per heavy atom. The molecule has 0 aliphatic carbocycles. The number of nitrogens with one attached hydrogen (secondary N) is 2. The lowest BCUT2D eigenvalue weighted by molar-refractivity contribution is -0.116. The number of ether oxygens (including phenoxy) is 3. The Morgan fingerprint density at radius 1 is 1.00 bits per heavy atom. The lowest BCUT2D eigenvalue weighted by Gasteiger charge is -2.22. The van der Waals surface area contributed by atoms with Crippen LogP contribution in [0.4, 0.5) is 5.69 Å². The normalized spacial score (nSPS) is 11.7. The molecule has 3 N–H and O–H groups in total. The van der Waals surface area contributed by atoms with Crippen molar-refractivity contribution in [2.45, 2.75) is 26.2 Å². The number of aryl methyl sites for hydroxylation is 2. The summed E-state index contributed by atoms with van der Waals surface area (Å²) in [6.45, 7) is 3.37. The third-order valence-corrected chi connectivity index (χ3v) is 6.27. The zero-order valence-corrected chi connectivity index (χ0v) is 21.6. The van der Waals surface area contributed by atoms with E-state index in [1.807, 2.05) is 6.92 Å². The number of hydrogen-bond donors (Lipinski definition) is 3. The van der Waals surface area contributed by atoms with Crippen LogP contribution in [0.15, 0.2) is 56.5 Å². The number of benzene rings is 2. The molecule has 4 rings (SSSR count). The first-order chi connectivity index (χ1) is 18.2. The molecule has 0 aliphatic heterocycles. The average Bonchev–Trinajstić information content (AvgIpc) is 2.86. The highest BCUT2D eigenvalue weighted by Crippen LogP contribution is 2.46. The van der Waals surface area contributed by atoms with E-state index in [1.165, 1.54) is 40.4 Å². The van der Waals surface area contributed by atoms with Gasteiger partial charge in [0, 0.05) is 41.1 Å². The molecule has 1 amide bonds. The summed E-state index contributed by atoms with van der Waals surface area (Å²) in [5.41, 5.74) is 1.10. The molecule has 0 unspecified atom stereocenters. The molecular formula is C28H28N2O8. The summed E-state index contributed by atoms with van der Waals surface area (Å²) in [5.74, 6) is -0.626. The number of methoxy groups -OCH3 is 3. The highest BCUT2D eigenvalue weighted by molar-refractivity contribution is 5.94. The predicted octanol–water partition coefficient (Wildman–Crippen LogP) is 3.99. The van der Waals surface area contributed by atoms with Gasteiger partial charge in [-0.15, -0.1) is 0 Å². The van der Waals surface area contributed by atoms with Gasteiger partial charge in [0.1, 0.15) is 11.5 Å². The van der Waals surface area contributed by atoms with E-state index in [1.54, 1.807) is 30.3 Å². The number of hydrogen-bond acceptors (Lipinski definition) is 8. The van der Waals surface area contributed by atoms with Crippen LogP contribution in [0.3, 0.4) is 0 Å². The minimum Gasteiger partial charge on any atom is -0.507 e. The number of anilines is 1. The van der Waals surface area contributed by atoms with Gasteiger partial charge in [-0.2, -0.15) is 0 Å². The molecule has 0 saturated heterocycles. The van der Waals surface area contributed by atoms with Crippen molar-refractivity contribution in [1.29, 1.82) is 0 Å². The van der Waals surface area contributed by atoms with Crippen molar-refractivity contribution >= 4 is 22.5 Å². The summed E-state index contributed by atoms with van der Waals surface area (Å²) in [4.78, 5) is 40.9. The van der Waals surface area contributed by atoms with Crippen molar-refractivity contribution in [2.75, 3.05) is 26.6 Å². The van der Waals surface area contributed by atoms with E-state index in [9.17, 15) is 19.5 Å². The van der Waals surface area contributed by atoms with Gasteiger partial charge in [0.25, 0.3) is 0 Å². The first-order valence-electron chi connectivity index (χ1n) is 11.7. The predicted molar refractivity (Wildman–Crippen MR) is 142 cm³/mol. The molecule has 2 heterocycles. The fourth-order valence-electron chi connectivity index (χ4n) is 4.60. The van der Waals surface area contributed by atoms with E-state index in [0.29, 0.717) is 22.5 Å². The number of aromatic amines is 1. The van der Waals surface area contributed by atoms with E-state index < -0.39 is 17.5 Å². The van der Waals surface area contributed by atoms with Crippen molar-refractivity contribution in [2.24, 2.45) is 0 Å². The monoisotopic (exact) mass is 520 g/mol. The molecule has 1 atom stereocenters. The second-order valence-electron chi connectivity index (χ2n) is 8.75. The number of aromatic hydroxyl groups is 1. The highest BCUT2D eigenvalue weighted by atomic mass is 16.5. The fourth-order valence-corrected chi connectivity index (χ4v) is 4.60. The number of amides is 1. The number of fused-ring (bicyclic) bond motifs is 1. The lowest BCUT2D eigenvalue weighted by Crippen LogP contribution is -2.21. The summed E-state index contributed by atoms with van der Waals surface area (Å²) < 4.78 is 21.7. The van der Waals surface area contributed by atoms with Crippen molar-refractivity contribution in [3.05, 3.63) is 85.7 Å². The number of H-pyrrole nitrogens is 1. The maximum Gasteiger partial charge on any atom is 0.343 e. The number of carbonyl (C=O) groups is 1. The van der Waals surface area contributed by atoms with Gasteiger partial charge in [-0.05, 0) is 37.6 Å². The van der Waals surface area contributed by atoms with Gasteiger partial charge in [0.15, 0.2) is 11.5 Å². The molecule has 2 aromatic heterocycles. The van der Waals surface area contributed by atoms with Crippen molar-refractivity contribution in [3.63, 3.8) is 0 Å². The molecule has 38 heavy (non-hydrogen) atoms. The van der Waals surface area contributed by atoms with Crippen molar-refractivity contribution < 1.29 is 28.5 Å². The summed E-state index contributed by atoms with van der Waals surface area (Å²) in [6.07, 6.45) is -0.254. The topological polar surface area (TPSA) is 140 Å². The summed E-state index contributed by atoms with van der Waals surface area (Å²) in [6, 6.07) is 11.3. The van der Waals surface area contributed by atoms with Gasteiger partial charge in [-0.1, -0.05) is 12.1 Å². The third-order valence-electron chi connectivity index (χ3n) is 6.27. The van der Waals surface area contributed by atoms with E-state index in [4.69, 9.17) is 18.6 Å². The molecule has 4 aromatic rings. The SMILES string of the molecule is COc1ccc([C@H](CC(=O)Nc2ccc3c(C)cc(=O)[nH]c3c2)c2c(O)cc(C)oc2=O)c(OC)c1OC. The molecular weight excluding hydrogens is 492 g/mol. The van der Waals surface area contributed by atoms with Gasteiger partial charge >= 0.3 is 5.63 Å². The second-order valence-corrected chi connectivity index (χ2v) is 8.75. The molecule has 0 fully saturated rings. The first-order valence-corrected chi connectivity index (χ1v) is 11.7. The number of rotatable bonds is 8. The molecule has 2 aromatic carbocycles. The van der Waals surface area contributed by atoms with Crippen LogP contribution in [0.1, 0.15) is 34.8 Å². The quantitative estimate of drug-likeness (QED) is 0.317. The second kappa shape index (κ2) is 10.7. The van der Waals surface area contributed by atoms with Crippen molar-refractivity contribution in [3.8, 4) is 23.0 Å². The lowest BCUT2D eigenvalue weighted by atomic mass is 9.87. The fraction of sp³-hybridized carbons (Fsp3) is 0.250. The average molecular weight is 521 g/mol. The zero-order chi connectivity index (χ0) is 27.6. The van der Waals surface area contributed by atoms with Crippen LogP contribution in [-0.4, -0.2) is 37.3 Å². The van der Waals surface area contributed by atoms with Gasteiger partial charge < -0.3 is 34.0 Å². The molecule has 0 spiro atoms. The molecule has 10 heteroatoms. The minimum absolute atomic E-state index is 0.102. The van der Waals surface area contributed by atoms with Gasteiger partial charge in [0.2, 0.25) is 17.2 Å². The van der Waals surface area contributed by atoms with Crippen LogP contribution in [-0.2, 0) is 4.79 Å². The summed E-state index contributed by atoms with van der Waals surface area (Å²) in [5, 5.41) is 14.4. The van der Waals surface area contributed by atoms with Crippen LogP contribution >= 0.6 is 0 Å². The minimum atomic E-state index is -0.968. The Balaban J connectivity index is 1.78. The molecule has 0 radical (unpaired) electrons. The molecule has 198 valence electrons. The van der Waals surface area contributed by atoms with E-state index in [-0.39, 0.29) is 40.6 Å². The molecule has 0 aliphatic rings. The van der Waals surface area contributed by atoms with Crippen LogP contribution in [0.2, 0.25) is 0 Å². The zero-order valence-electron chi connectivity index (χ0n) is 21.6. The first kappa shape index (κ1) is 26.3. The molecule has 10 nitrogen and oxygen atoms in total. The van der Waals surface area contributed by atoms with Crippen molar-refractivity contribution in [1.82, 2.24) is 4.98 Å². The van der Waals surface area contributed by atoms with Gasteiger partial charge in [0.05, 0.1) is 32.4 Å². The Hall–Kier alpha value is -4.73. The Labute approximate surface area is 217 Å². The number of pyridine rings is 1. The molecule has 0 bridgehead atoms. The van der Waals surface area contributed by atoms with Gasteiger partial charge in [-0.3, -0.25) is 9.59 Å². The number of aromatic nitrogens is 1. The standard InChI is InChI=1S/C28H28N2O8/c1-14-10-23(32)30-20-12-16(6-7-17(14)20)29-24(33)13-19(25-21(31)11-15(2)38-28(25)34)18-8-9-22(35-3)27(37-5)26(18)36-4/h6-12,19,31H,13H2,1-5H3,(H,29,33)(H,30,32)/t19-/m0/s1. The summed E-state index contributed by atoms with van der Waals surface area (Å²) >= 11 is 0. The highest BCUT2D eigenvalue weighted by Gasteiger charge is 2.30. The van der Waals surface area contributed by atoms with Crippen LogP contribution in [0, 0.1) is 13.8 Å². The largest absolute Gasteiger partial charge is 0.507 e. The van der Waals surface area contributed by atoms with Crippen LogP contribution in [0.25, 0.3) is 10.9 Å².